The molecule has 1 aromatic rings. The van der Waals surface area contributed by atoms with E-state index in [1.807, 2.05) is 7.05 Å². The third-order valence-electron chi connectivity index (χ3n) is 3.05. The number of rotatable bonds is 2. The third-order valence-corrected chi connectivity index (χ3v) is 3.05. The fourth-order valence-corrected chi connectivity index (χ4v) is 2.01. The molecule has 0 spiro atoms. The Labute approximate surface area is 84.1 Å². The topological polar surface area (TPSA) is 46.8 Å². The Morgan fingerprint density at radius 1 is 1.43 bits per heavy atom. The molecular formula is C9H17N5. The van der Waals surface area contributed by atoms with Gasteiger partial charge < -0.3 is 4.90 Å². The maximum absolute atomic E-state index is 4.02. The van der Waals surface area contributed by atoms with Gasteiger partial charge in [-0.15, -0.1) is 0 Å². The van der Waals surface area contributed by atoms with Gasteiger partial charge in [0.05, 0.1) is 0 Å². The van der Waals surface area contributed by atoms with Crippen molar-refractivity contribution >= 4 is 5.95 Å². The minimum atomic E-state index is 0.751. The van der Waals surface area contributed by atoms with E-state index < -0.39 is 0 Å². The third kappa shape index (κ3) is 1.58. The first-order chi connectivity index (χ1) is 6.68. The van der Waals surface area contributed by atoms with Gasteiger partial charge in [-0.2, -0.15) is 0 Å². The maximum Gasteiger partial charge on any atom is 0.245 e. The van der Waals surface area contributed by atoms with Gasteiger partial charge in [-0.25, -0.2) is 4.68 Å². The van der Waals surface area contributed by atoms with Crippen LogP contribution in [0.1, 0.15) is 20.3 Å². The predicted molar refractivity (Wildman–Crippen MR) is 54.0 cm³/mol. The number of tetrazole rings is 1. The highest BCUT2D eigenvalue weighted by atomic mass is 15.6. The van der Waals surface area contributed by atoms with Crippen molar-refractivity contribution < 1.29 is 0 Å². The first-order valence-corrected chi connectivity index (χ1v) is 5.16. The average molecular weight is 195 g/mol. The lowest BCUT2D eigenvalue weighted by molar-refractivity contribution is 0.422. The molecular weight excluding hydrogens is 178 g/mol. The molecule has 2 heterocycles. The first-order valence-electron chi connectivity index (χ1n) is 5.16. The molecule has 5 heteroatoms. The molecule has 1 atom stereocenters. The molecule has 0 amide bonds. The van der Waals surface area contributed by atoms with E-state index in [1.165, 1.54) is 6.42 Å². The van der Waals surface area contributed by atoms with Crippen LogP contribution in [0.5, 0.6) is 0 Å². The SMILES string of the molecule is CC(C)[C@H]1CCN(c2nnnn2C)C1. The van der Waals surface area contributed by atoms with Gasteiger partial charge in [-0.05, 0) is 28.7 Å². The summed E-state index contributed by atoms with van der Waals surface area (Å²) in [5.74, 6) is 2.43. The van der Waals surface area contributed by atoms with E-state index in [0.29, 0.717) is 0 Å². The molecule has 0 saturated carbocycles. The van der Waals surface area contributed by atoms with Gasteiger partial charge in [0.2, 0.25) is 5.95 Å². The summed E-state index contributed by atoms with van der Waals surface area (Å²) in [6, 6.07) is 0. The summed E-state index contributed by atoms with van der Waals surface area (Å²) in [4.78, 5) is 2.27. The van der Waals surface area contributed by atoms with E-state index in [2.05, 4.69) is 34.3 Å². The Morgan fingerprint density at radius 3 is 2.71 bits per heavy atom. The Bertz CT molecular complexity index is 306. The molecule has 1 fully saturated rings. The average Bonchev–Trinajstić information content (AvgIpc) is 2.71. The van der Waals surface area contributed by atoms with Crippen LogP contribution in [0.3, 0.4) is 0 Å². The molecule has 0 aliphatic carbocycles. The van der Waals surface area contributed by atoms with E-state index in [-0.39, 0.29) is 0 Å². The highest BCUT2D eigenvalue weighted by Crippen LogP contribution is 2.26. The zero-order chi connectivity index (χ0) is 10.1. The van der Waals surface area contributed by atoms with Crippen LogP contribution in [0.4, 0.5) is 5.95 Å². The Morgan fingerprint density at radius 2 is 2.21 bits per heavy atom. The number of hydrogen-bond acceptors (Lipinski definition) is 4. The van der Waals surface area contributed by atoms with Crippen LogP contribution >= 0.6 is 0 Å². The highest BCUT2D eigenvalue weighted by Gasteiger charge is 2.27. The van der Waals surface area contributed by atoms with Crippen LogP contribution < -0.4 is 4.90 Å². The predicted octanol–water partition coefficient (Wildman–Crippen LogP) is 0.692. The van der Waals surface area contributed by atoms with Crippen LogP contribution in [0, 0.1) is 11.8 Å². The second-order valence-electron chi connectivity index (χ2n) is 4.34. The van der Waals surface area contributed by atoms with Crippen molar-refractivity contribution in [3.05, 3.63) is 0 Å². The van der Waals surface area contributed by atoms with E-state index in [9.17, 15) is 0 Å². The van der Waals surface area contributed by atoms with Crippen LogP contribution in [0.15, 0.2) is 0 Å². The van der Waals surface area contributed by atoms with Gasteiger partial charge in [0.25, 0.3) is 0 Å². The van der Waals surface area contributed by atoms with Crippen LogP contribution in [-0.4, -0.2) is 33.3 Å². The summed E-state index contributed by atoms with van der Waals surface area (Å²) >= 11 is 0. The molecule has 2 rings (SSSR count). The molecule has 0 N–H and O–H groups in total. The maximum atomic E-state index is 4.02. The van der Waals surface area contributed by atoms with Gasteiger partial charge >= 0.3 is 0 Å². The Balaban J connectivity index is 2.06. The first kappa shape index (κ1) is 9.43. The molecule has 1 saturated heterocycles. The summed E-state index contributed by atoms with van der Waals surface area (Å²) < 4.78 is 1.74. The van der Waals surface area contributed by atoms with Crippen LogP contribution in [-0.2, 0) is 7.05 Å². The second-order valence-corrected chi connectivity index (χ2v) is 4.34. The van der Waals surface area contributed by atoms with Crippen molar-refractivity contribution in [2.45, 2.75) is 20.3 Å². The van der Waals surface area contributed by atoms with Crippen LogP contribution in [0.2, 0.25) is 0 Å². The molecule has 0 bridgehead atoms. The van der Waals surface area contributed by atoms with Crippen molar-refractivity contribution in [2.75, 3.05) is 18.0 Å². The van der Waals surface area contributed by atoms with Gasteiger partial charge in [-0.1, -0.05) is 18.9 Å². The van der Waals surface area contributed by atoms with E-state index in [0.717, 1.165) is 30.9 Å². The number of nitrogens with zero attached hydrogens (tertiary/aromatic N) is 5. The van der Waals surface area contributed by atoms with E-state index in [4.69, 9.17) is 0 Å². The molecule has 1 aromatic heterocycles. The summed E-state index contributed by atoms with van der Waals surface area (Å²) in [5, 5.41) is 11.5. The standard InChI is InChI=1S/C9H17N5/c1-7(2)8-4-5-14(6-8)9-10-11-12-13(9)3/h7-8H,4-6H2,1-3H3/t8-/m0/s1. The van der Waals surface area contributed by atoms with Gasteiger partial charge in [0.15, 0.2) is 0 Å². The lowest BCUT2D eigenvalue weighted by Gasteiger charge is -2.17. The minimum absolute atomic E-state index is 0.751. The normalized spacial score (nSPS) is 22.3. The molecule has 0 radical (unpaired) electrons. The zero-order valence-electron chi connectivity index (χ0n) is 9.01. The summed E-state index contributed by atoms with van der Waals surface area (Å²) in [6.07, 6.45) is 1.25. The van der Waals surface area contributed by atoms with Crippen LogP contribution in [0.25, 0.3) is 0 Å². The fraction of sp³-hybridized carbons (Fsp3) is 0.889. The van der Waals surface area contributed by atoms with Crippen molar-refractivity contribution in [1.82, 2.24) is 20.2 Å². The Hall–Kier alpha value is -1.13. The highest BCUT2D eigenvalue weighted by molar-refractivity contribution is 5.29. The number of hydrogen-bond donors (Lipinski definition) is 0. The second kappa shape index (κ2) is 3.55. The number of aromatic nitrogens is 4. The monoisotopic (exact) mass is 195 g/mol. The molecule has 14 heavy (non-hydrogen) atoms. The van der Waals surface area contributed by atoms with E-state index in [1.54, 1.807) is 4.68 Å². The van der Waals surface area contributed by atoms with Crippen molar-refractivity contribution in [1.29, 1.82) is 0 Å². The van der Waals surface area contributed by atoms with Crippen molar-refractivity contribution in [2.24, 2.45) is 18.9 Å². The molecule has 1 aliphatic rings. The largest absolute Gasteiger partial charge is 0.339 e. The summed E-state index contributed by atoms with van der Waals surface area (Å²) in [7, 11) is 1.89. The van der Waals surface area contributed by atoms with Crippen molar-refractivity contribution in [3.63, 3.8) is 0 Å². The minimum Gasteiger partial charge on any atom is -0.339 e. The van der Waals surface area contributed by atoms with Crippen molar-refractivity contribution in [3.8, 4) is 0 Å². The summed E-state index contributed by atoms with van der Waals surface area (Å²) in [5.41, 5.74) is 0. The molecule has 78 valence electrons. The Kier molecular flexibility index (Phi) is 2.39. The number of anilines is 1. The lowest BCUT2D eigenvalue weighted by atomic mass is 9.95. The van der Waals surface area contributed by atoms with E-state index >= 15 is 0 Å². The smallest absolute Gasteiger partial charge is 0.245 e. The zero-order valence-corrected chi connectivity index (χ0v) is 9.01. The number of aryl methyl sites for hydroxylation is 1. The fourth-order valence-electron chi connectivity index (χ4n) is 2.01. The summed E-state index contributed by atoms with van der Waals surface area (Å²) in [6.45, 7) is 6.73. The van der Waals surface area contributed by atoms with Gasteiger partial charge in [0, 0.05) is 20.1 Å². The lowest BCUT2D eigenvalue weighted by Crippen LogP contribution is -2.24. The quantitative estimate of drug-likeness (QED) is 0.696. The molecule has 5 nitrogen and oxygen atoms in total. The molecule has 0 aromatic carbocycles. The van der Waals surface area contributed by atoms with Gasteiger partial charge in [-0.3, -0.25) is 0 Å². The molecule has 0 unspecified atom stereocenters. The van der Waals surface area contributed by atoms with Gasteiger partial charge in [0.1, 0.15) is 0 Å². The molecule has 1 aliphatic heterocycles.